The molecule has 3 heteroatoms. The Balaban J connectivity index is 2.24. The first-order valence-corrected chi connectivity index (χ1v) is 6.15. The van der Waals surface area contributed by atoms with Gasteiger partial charge in [0.1, 0.15) is 5.69 Å². The van der Waals surface area contributed by atoms with Gasteiger partial charge in [0.2, 0.25) is 0 Å². The van der Waals surface area contributed by atoms with Crippen molar-refractivity contribution in [3.63, 3.8) is 0 Å². The van der Waals surface area contributed by atoms with E-state index in [0.717, 1.165) is 16.7 Å². The monoisotopic (exact) mass is 259 g/mol. The summed E-state index contributed by atoms with van der Waals surface area (Å²) in [5, 5.41) is 0.636. The molecular formula is C15H14ClNO. The molecule has 92 valence electrons. The smallest absolute Gasteiger partial charge is 0.185 e. The van der Waals surface area contributed by atoms with E-state index < -0.39 is 0 Å². The summed E-state index contributed by atoms with van der Waals surface area (Å²) in [5.41, 5.74) is 3.35. The Labute approximate surface area is 112 Å². The van der Waals surface area contributed by atoms with Crippen LogP contribution in [0.2, 0.25) is 5.02 Å². The first-order chi connectivity index (χ1) is 8.58. The Morgan fingerprint density at radius 3 is 2.72 bits per heavy atom. The van der Waals surface area contributed by atoms with Crippen LogP contribution in [0.25, 0.3) is 0 Å². The van der Waals surface area contributed by atoms with Crippen molar-refractivity contribution in [3.8, 4) is 0 Å². The van der Waals surface area contributed by atoms with Gasteiger partial charge in [-0.25, -0.2) is 0 Å². The lowest BCUT2D eigenvalue weighted by molar-refractivity contribution is 0.0987. The van der Waals surface area contributed by atoms with Gasteiger partial charge in [0.15, 0.2) is 5.78 Å². The average molecular weight is 260 g/mol. The molecule has 0 amide bonds. The first-order valence-electron chi connectivity index (χ1n) is 5.78. The maximum absolute atomic E-state index is 12.2. The summed E-state index contributed by atoms with van der Waals surface area (Å²) in [6.45, 7) is 3.86. The molecule has 0 N–H and O–H groups in total. The number of aryl methyl sites for hydroxylation is 2. The topological polar surface area (TPSA) is 30.0 Å². The first kappa shape index (κ1) is 12.8. The molecule has 0 saturated heterocycles. The molecule has 0 aliphatic heterocycles. The van der Waals surface area contributed by atoms with Crippen LogP contribution in [-0.2, 0) is 6.42 Å². The van der Waals surface area contributed by atoms with Gasteiger partial charge < -0.3 is 0 Å². The van der Waals surface area contributed by atoms with Gasteiger partial charge in [0.05, 0.1) is 0 Å². The fourth-order valence-electron chi connectivity index (χ4n) is 1.83. The Kier molecular flexibility index (Phi) is 3.78. The number of hydrogen-bond donors (Lipinski definition) is 0. The molecule has 1 aromatic carbocycles. The van der Waals surface area contributed by atoms with Crippen LogP contribution in [0.5, 0.6) is 0 Å². The quantitative estimate of drug-likeness (QED) is 0.786. The molecule has 2 aromatic rings. The summed E-state index contributed by atoms with van der Waals surface area (Å²) in [7, 11) is 0. The van der Waals surface area contributed by atoms with E-state index >= 15 is 0 Å². The highest BCUT2D eigenvalue weighted by molar-refractivity contribution is 6.31. The maximum Gasteiger partial charge on any atom is 0.185 e. The van der Waals surface area contributed by atoms with Crippen molar-refractivity contribution in [1.82, 2.24) is 4.98 Å². The number of aromatic nitrogens is 1. The normalized spacial score (nSPS) is 10.4. The van der Waals surface area contributed by atoms with Gasteiger partial charge in [-0.3, -0.25) is 9.78 Å². The lowest BCUT2D eigenvalue weighted by Crippen LogP contribution is -2.08. The number of ketones is 1. The van der Waals surface area contributed by atoms with Gasteiger partial charge >= 0.3 is 0 Å². The van der Waals surface area contributed by atoms with Crippen molar-refractivity contribution in [3.05, 3.63) is 63.9 Å². The van der Waals surface area contributed by atoms with Crippen LogP contribution in [0, 0.1) is 13.8 Å². The van der Waals surface area contributed by atoms with E-state index in [1.807, 2.05) is 44.2 Å². The third-order valence-electron chi connectivity index (χ3n) is 2.83. The van der Waals surface area contributed by atoms with Crippen molar-refractivity contribution in [2.24, 2.45) is 0 Å². The largest absolute Gasteiger partial charge is 0.292 e. The molecule has 0 aliphatic carbocycles. The number of carbonyl (C=O) groups excluding carboxylic acids is 1. The third-order valence-corrected chi connectivity index (χ3v) is 3.18. The molecule has 2 nitrogen and oxygen atoms in total. The molecule has 0 aliphatic rings. The number of rotatable bonds is 3. The molecule has 0 radical (unpaired) electrons. The predicted octanol–water partition coefficient (Wildman–Crippen LogP) is 3.78. The lowest BCUT2D eigenvalue weighted by atomic mass is 10.0. The van der Waals surface area contributed by atoms with E-state index in [4.69, 9.17) is 11.6 Å². The number of pyridine rings is 1. The number of carbonyl (C=O) groups is 1. The summed E-state index contributed by atoms with van der Waals surface area (Å²) >= 11 is 6.13. The Morgan fingerprint density at radius 1 is 1.28 bits per heavy atom. The number of hydrogen-bond acceptors (Lipinski definition) is 2. The van der Waals surface area contributed by atoms with E-state index in [2.05, 4.69) is 4.98 Å². The summed E-state index contributed by atoms with van der Waals surface area (Å²) < 4.78 is 0. The molecule has 2 rings (SSSR count). The van der Waals surface area contributed by atoms with Crippen molar-refractivity contribution in [2.75, 3.05) is 0 Å². The number of halogens is 1. The van der Waals surface area contributed by atoms with Crippen LogP contribution in [0.1, 0.15) is 27.2 Å². The van der Waals surface area contributed by atoms with Gasteiger partial charge in [-0.05, 0) is 42.7 Å². The minimum atomic E-state index is -0.00106. The maximum atomic E-state index is 12.2. The Morgan fingerprint density at radius 2 is 2.06 bits per heavy atom. The second kappa shape index (κ2) is 5.32. The predicted molar refractivity (Wildman–Crippen MR) is 73.2 cm³/mol. The van der Waals surface area contributed by atoms with E-state index in [1.54, 1.807) is 6.20 Å². The number of Topliss-reactive ketones (excluding diaryl/α,β-unsaturated/α-hetero) is 1. The molecule has 0 unspecified atom stereocenters. The van der Waals surface area contributed by atoms with Crippen LogP contribution >= 0.6 is 11.6 Å². The van der Waals surface area contributed by atoms with E-state index in [1.165, 1.54) is 0 Å². The van der Waals surface area contributed by atoms with Crippen LogP contribution in [0.3, 0.4) is 0 Å². The molecular weight excluding hydrogens is 246 g/mol. The molecule has 0 saturated carbocycles. The second-order valence-corrected chi connectivity index (χ2v) is 4.77. The van der Waals surface area contributed by atoms with E-state index in [9.17, 15) is 4.79 Å². The summed E-state index contributed by atoms with van der Waals surface area (Å²) in [6, 6.07) is 9.44. The van der Waals surface area contributed by atoms with Crippen molar-refractivity contribution in [1.29, 1.82) is 0 Å². The van der Waals surface area contributed by atoms with Gasteiger partial charge in [-0.15, -0.1) is 0 Å². The highest BCUT2D eigenvalue weighted by Crippen LogP contribution is 2.19. The van der Waals surface area contributed by atoms with Crippen molar-refractivity contribution in [2.45, 2.75) is 20.3 Å². The zero-order valence-corrected chi connectivity index (χ0v) is 11.2. The fraction of sp³-hybridized carbons (Fsp3) is 0.200. The van der Waals surface area contributed by atoms with E-state index in [-0.39, 0.29) is 12.2 Å². The number of nitrogens with zero attached hydrogens (tertiary/aromatic N) is 1. The van der Waals surface area contributed by atoms with Gasteiger partial charge in [0, 0.05) is 17.6 Å². The highest BCUT2D eigenvalue weighted by atomic mass is 35.5. The van der Waals surface area contributed by atoms with Crippen LogP contribution in [0.15, 0.2) is 36.5 Å². The van der Waals surface area contributed by atoms with Crippen molar-refractivity contribution < 1.29 is 4.79 Å². The lowest BCUT2D eigenvalue weighted by Gasteiger charge is -2.06. The van der Waals surface area contributed by atoms with E-state index in [0.29, 0.717) is 10.7 Å². The highest BCUT2D eigenvalue weighted by Gasteiger charge is 2.12. The second-order valence-electron chi connectivity index (χ2n) is 4.36. The van der Waals surface area contributed by atoms with Gasteiger partial charge in [-0.1, -0.05) is 29.8 Å². The molecule has 1 heterocycles. The standard InChI is InChI=1S/C15H14ClNO/c1-10-5-6-12(13(16)8-10)9-14(18)15-11(2)4-3-7-17-15/h3-8H,9H2,1-2H3. The van der Waals surface area contributed by atoms with Gasteiger partial charge in [0.25, 0.3) is 0 Å². The molecule has 0 spiro atoms. The molecule has 0 fully saturated rings. The van der Waals surface area contributed by atoms with Crippen LogP contribution < -0.4 is 0 Å². The summed E-state index contributed by atoms with van der Waals surface area (Å²) in [6.07, 6.45) is 1.92. The minimum absolute atomic E-state index is 0.00106. The average Bonchev–Trinajstić information content (AvgIpc) is 2.33. The van der Waals surface area contributed by atoms with Gasteiger partial charge in [-0.2, -0.15) is 0 Å². The molecule has 0 bridgehead atoms. The van der Waals surface area contributed by atoms with Crippen LogP contribution in [0.4, 0.5) is 0 Å². The molecule has 1 aromatic heterocycles. The zero-order valence-electron chi connectivity index (χ0n) is 10.4. The Bertz CT molecular complexity index is 593. The molecule has 0 atom stereocenters. The summed E-state index contributed by atoms with van der Waals surface area (Å²) in [4.78, 5) is 16.3. The minimum Gasteiger partial charge on any atom is -0.292 e. The zero-order chi connectivity index (χ0) is 13.1. The number of benzene rings is 1. The van der Waals surface area contributed by atoms with Crippen LogP contribution in [-0.4, -0.2) is 10.8 Å². The summed E-state index contributed by atoms with van der Waals surface area (Å²) in [5.74, 6) is -0.00106. The SMILES string of the molecule is Cc1ccc(CC(=O)c2ncccc2C)c(Cl)c1. The van der Waals surface area contributed by atoms with Crippen molar-refractivity contribution >= 4 is 17.4 Å². The Hall–Kier alpha value is -1.67. The fourth-order valence-corrected chi connectivity index (χ4v) is 2.13. The third kappa shape index (κ3) is 2.77. The molecule has 18 heavy (non-hydrogen) atoms.